The fourth-order valence-electron chi connectivity index (χ4n) is 2.54. The topological polar surface area (TPSA) is 52.6 Å². The lowest BCUT2D eigenvalue weighted by molar-refractivity contribution is -0.114. The number of unbranched alkanes of at least 4 members (excludes halogenated alkanes) is 3. The van der Waals surface area contributed by atoms with Crippen LogP contribution in [0, 0.1) is 0 Å². The van der Waals surface area contributed by atoms with Gasteiger partial charge in [0, 0.05) is 6.42 Å². The van der Waals surface area contributed by atoms with Gasteiger partial charge < -0.3 is 9.47 Å². The zero-order valence-electron chi connectivity index (χ0n) is 15.9. The van der Waals surface area contributed by atoms with E-state index in [2.05, 4.69) is 6.92 Å². The molecule has 0 amide bonds. The Balaban J connectivity index is 1.85. The quantitative estimate of drug-likeness (QED) is 0.242. The van der Waals surface area contributed by atoms with Gasteiger partial charge in [-0.1, -0.05) is 44.4 Å². The van der Waals surface area contributed by atoms with E-state index in [1.807, 2.05) is 12.1 Å². The van der Waals surface area contributed by atoms with Gasteiger partial charge in [-0.05, 0) is 54.5 Å². The van der Waals surface area contributed by atoms with Crippen molar-refractivity contribution in [2.45, 2.75) is 39.0 Å². The van der Waals surface area contributed by atoms with Crippen LogP contribution < -0.4 is 9.47 Å². The van der Waals surface area contributed by atoms with Crippen LogP contribution in [0.25, 0.3) is 6.08 Å². The van der Waals surface area contributed by atoms with Gasteiger partial charge in [-0.2, -0.15) is 0 Å². The summed E-state index contributed by atoms with van der Waals surface area (Å²) >= 11 is 0. The average Bonchev–Trinajstić information content (AvgIpc) is 2.70. The molecule has 0 aliphatic rings. The number of carbonyl (C=O) groups excluding carboxylic acids is 2. The minimum absolute atomic E-state index is 0.140. The van der Waals surface area contributed by atoms with Crippen LogP contribution in [0.1, 0.15) is 54.9 Å². The molecule has 0 fully saturated rings. The molecule has 142 valence electrons. The van der Waals surface area contributed by atoms with E-state index in [1.165, 1.54) is 12.8 Å². The molecule has 0 aliphatic heterocycles. The summed E-state index contributed by atoms with van der Waals surface area (Å²) in [5, 5.41) is 0. The monoisotopic (exact) mass is 366 g/mol. The van der Waals surface area contributed by atoms with Gasteiger partial charge in [0.05, 0.1) is 12.7 Å². The third kappa shape index (κ3) is 7.10. The van der Waals surface area contributed by atoms with Crippen molar-refractivity contribution in [1.29, 1.82) is 0 Å². The first-order valence-corrected chi connectivity index (χ1v) is 9.29. The van der Waals surface area contributed by atoms with Gasteiger partial charge in [0.15, 0.2) is 5.78 Å². The zero-order valence-corrected chi connectivity index (χ0v) is 15.9. The fraction of sp³-hybridized carbons (Fsp3) is 0.304. The van der Waals surface area contributed by atoms with Crippen molar-refractivity contribution in [1.82, 2.24) is 0 Å². The number of benzene rings is 2. The summed E-state index contributed by atoms with van der Waals surface area (Å²) in [5.41, 5.74) is 1.34. The molecule has 0 bridgehead atoms. The van der Waals surface area contributed by atoms with Crippen LogP contribution in [0.4, 0.5) is 0 Å². The van der Waals surface area contributed by atoms with E-state index < -0.39 is 5.97 Å². The number of hydrogen-bond acceptors (Lipinski definition) is 4. The maximum absolute atomic E-state index is 12.1. The van der Waals surface area contributed by atoms with Crippen molar-refractivity contribution >= 4 is 17.8 Å². The maximum Gasteiger partial charge on any atom is 0.343 e. The van der Waals surface area contributed by atoms with Crippen LogP contribution in [0.3, 0.4) is 0 Å². The summed E-state index contributed by atoms with van der Waals surface area (Å²) in [7, 11) is 1.57. The Morgan fingerprint density at radius 1 is 0.889 bits per heavy atom. The highest BCUT2D eigenvalue weighted by Gasteiger charge is 2.08. The summed E-state index contributed by atoms with van der Waals surface area (Å²) in [6.45, 7) is 2.15. The summed E-state index contributed by atoms with van der Waals surface area (Å²) in [5.74, 6) is 0.853. The van der Waals surface area contributed by atoms with Gasteiger partial charge >= 0.3 is 5.97 Å². The van der Waals surface area contributed by atoms with E-state index in [-0.39, 0.29) is 5.78 Å². The number of allylic oxidation sites excluding steroid dienone is 1. The van der Waals surface area contributed by atoms with Crippen LogP contribution in [-0.2, 0) is 4.79 Å². The standard InChI is InChI=1S/C23H26O4/c1-3-4-5-6-7-20(24)13-8-18-9-14-22(15-10-18)27-23(25)19-11-16-21(26-2)17-12-19/h8-17H,3-7H2,1-2H3. The molecule has 0 aliphatic carbocycles. The van der Waals surface area contributed by atoms with Gasteiger partial charge in [0.25, 0.3) is 0 Å². The highest BCUT2D eigenvalue weighted by molar-refractivity contribution is 5.93. The number of ether oxygens (including phenoxy) is 2. The minimum atomic E-state index is -0.428. The van der Waals surface area contributed by atoms with Crippen molar-refractivity contribution in [2.75, 3.05) is 7.11 Å². The summed E-state index contributed by atoms with van der Waals surface area (Å²) in [4.78, 5) is 24.0. The maximum atomic E-state index is 12.1. The number of rotatable bonds is 10. The molecule has 0 unspecified atom stereocenters. The number of esters is 1. The lowest BCUT2D eigenvalue weighted by Crippen LogP contribution is -2.08. The largest absolute Gasteiger partial charge is 0.497 e. The molecular weight excluding hydrogens is 340 g/mol. The normalized spacial score (nSPS) is 10.7. The van der Waals surface area contributed by atoms with E-state index >= 15 is 0 Å². The summed E-state index contributed by atoms with van der Waals surface area (Å²) in [6, 6.07) is 13.8. The number of ketones is 1. The second-order valence-electron chi connectivity index (χ2n) is 6.30. The van der Waals surface area contributed by atoms with Crippen molar-refractivity contribution in [3.63, 3.8) is 0 Å². The fourth-order valence-corrected chi connectivity index (χ4v) is 2.54. The van der Waals surface area contributed by atoms with Crippen LogP contribution in [0.2, 0.25) is 0 Å². The van der Waals surface area contributed by atoms with Crippen molar-refractivity contribution in [2.24, 2.45) is 0 Å². The lowest BCUT2D eigenvalue weighted by atomic mass is 10.1. The van der Waals surface area contributed by atoms with Crippen molar-refractivity contribution in [3.05, 3.63) is 65.7 Å². The van der Waals surface area contributed by atoms with Gasteiger partial charge in [-0.15, -0.1) is 0 Å². The predicted molar refractivity (Wildman–Crippen MR) is 107 cm³/mol. The van der Waals surface area contributed by atoms with Crippen LogP contribution in [0.15, 0.2) is 54.6 Å². The van der Waals surface area contributed by atoms with Crippen molar-refractivity contribution in [3.8, 4) is 11.5 Å². The molecule has 2 aromatic carbocycles. The smallest absolute Gasteiger partial charge is 0.343 e. The first-order valence-electron chi connectivity index (χ1n) is 9.29. The van der Waals surface area contributed by atoms with Crippen LogP contribution in [0.5, 0.6) is 11.5 Å². The Morgan fingerprint density at radius 3 is 2.19 bits per heavy atom. The molecule has 0 saturated heterocycles. The van der Waals surface area contributed by atoms with Gasteiger partial charge in [0.2, 0.25) is 0 Å². The molecule has 0 heterocycles. The van der Waals surface area contributed by atoms with E-state index in [0.29, 0.717) is 23.5 Å². The van der Waals surface area contributed by atoms with Crippen LogP contribution in [-0.4, -0.2) is 18.9 Å². The summed E-state index contributed by atoms with van der Waals surface area (Å²) < 4.78 is 10.4. The third-order valence-electron chi connectivity index (χ3n) is 4.15. The molecule has 0 radical (unpaired) electrons. The highest BCUT2D eigenvalue weighted by atomic mass is 16.5. The Bertz CT molecular complexity index is 758. The Kier molecular flexibility index (Phi) is 8.30. The van der Waals surface area contributed by atoms with Gasteiger partial charge in [-0.25, -0.2) is 4.79 Å². The predicted octanol–water partition coefficient (Wildman–Crippen LogP) is 5.47. The summed E-state index contributed by atoms with van der Waals surface area (Å²) in [6.07, 6.45) is 8.38. The number of hydrogen-bond donors (Lipinski definition) is 0. The Hall–Kier alpha value is -2.88. The average molecular weight is 366 g/mol. The molecule has 2 aromatic rings. The second kappa shape index (κ2) is 11.0. The molecule has 0 saturated carbocycles. The highest BCUT2D eigenvalue weighted by Crippen LogP contribution is 2.17. The second-order valence-corrected chi connectivity index (χ2v) is 6.30. The lowest BCUT2D eigenvalue weighted by Gasteiger charge is -2.05. The minimum Gasteiger partial charge on any atom is -0.497 e. The van der Waals surface area contributed by atoms with Crippen LogP contribution >= 0.6 is 0 Å². The first-order chi connectivity index (χ1) is 13.1. The first kappa shape index (κ1) is 20.4. The van der Waals surface area contributed by atoms with Gasteiger partial charge in [0.1, 0.15) is 11.5 Å². The van der Waals surface area contributed by atoms with E-state index in [0.717, 1.165) is 18.4 Å². The molecule has 0 spiro atoms. The van der Waals surface area contributed by atoms with E-state index in [1.54, 1.807) is 55.7 Å². The molecule has 0 N–H and O–H groups in total. The molecule has 4 heteroatoms. The Morgan fingerprint density at radius 2 is 1.56 bits per heavy atom. The third-order valence-corrected chi connectivity index (χ3v) is 4.15. The molecular formula is C23H26O4. The van der Waals surface area contributed by atoms with Gasteiger partial charge in [-0.3, -0.25) is 4.79 Å². The Labute approximate surface area is 160 Å². The zero-order chi connectivity index (χ0) is 19.5. The molecule has 27 heavy (non-hydrogen) atoms. The van der Waals surface area contributed by atoms with Crippen molar-refractivity contribution < 1.29 is 19.1 Å². The van der Waals surface area contributed by atoms with E-state index in [9.17, 15) is 9.59 Å². The SMILES string of the molecule is CCCCCCC(=O)C=Cc1ccc(OC(=O)c2ccc(OC)cc2)cc1. The molecule has 0 atom stereocenters. The van der Waals surface area contributed by atoms with E-state index in [4.69, 9.17) is 9.47 Å². The molecule has 0 aromatic heterocycles. The molecule has 2 rings (SSSR count). The number of carbonyl (C=O) groups is 2. The number of methoxy groups -OCH3 is 1. The molecule has 4 nitrogen and oxygen atoms in total.